The Morgan fingerprint density at radius 3 is 1.75 bits per heavy atom. The number of furan rings is 1. The Balaban J connectivity index is 1.29. The summed E-state index contributed by atoms with van der Waals surface area (Å²) in [5.74, 6) is 0. The van der Waals surface area contributed by atoms with Crippen LogP contribution in [0.25, 0.3) is 66.1 Å². The van der Waals surface area contributed by atoms with Gasteiger partial charge in [0.15, 0.2) is 0 Å². The highest BCUT2D eigenvalue weighted by molar-refractivity contribution is 6.12. The lowest BCUT2D eigenvalue weighted by Gasteiger charge is -2.27. The van der Waals surface area contributed by atoms with Crippen molar-refractivity contribution in [1.29, 1.82) is 0 Å². The van der Waals surface area contributed by atoms with Crippen molar-refractivity contribution in [3.8, 4) is 33.4 Å². The van der Waals surface area contributed by atoms with Gasteiger partial charge in [-0.2, -0.15) is 0 Å². The number of anilines is 3. The fourth-order valence-corrected chi connectivity index (χ4v) is 6.85. The Hall–Kier alpha value is -6.38. The van der Waals surface area contributed by atoms with Gasteiger partial charge in [0, 0.05) is 33.4 Å². The predicted molar refractivity (Wildman–Crippen MR) is 202 cm³/mol. The van der Waals surface area contributed by atoms with E-state index in [2.05, 4.69) is 187 Å². The van der Waals surface area contributed by atoms with Crippen LogP contribution >= 0.6 is 0 Å². The van der Waals surface area contributed by atoms with Crippen LogP contribution < -0.4 is 4.90 Å². The van der Waals surface area contributed by atoms with Crippen molar-refractivity contribution in [2.75, 3.05) is 4.90 Å². The summed E-state index contributed by atoms with van der Waals surface area (Å²) in [5.41, 5.74) is 11.9. The molecule has 0 spiro atoms. The quantitative estimate of drug-likeness (QED) is 0.185. The van der Waals surface area contributed by atoms with Crippen LogP contribution in [0.5, 0.6) is 0 Å². The second kappa shape index (κ2) is 11.8. The van der Waals surface area contributed by atoms with Gasteiger partial charge >= 0.3 is 0 Å². The van der Waals surface area contributed by atoms with Gasteiger partial charge in [-0.15, -0.1) is 0 Å². The second-order valence-electron chi connectivity index (χ2n) is 12.2. The van der Waals surface area contributed by atoms with Crippen LogP contribution in [0.15, 0.2) is 192 Å². The summed E-state index contributed by atoms with van der Waals surface area (Å²) >= 11 is 0. The van der Waals surface area contributed by atoms with Gasteiger partial charge in [-0.25, -0.2) is 0 Å². The van der Waals surface area contributed by atoms with Gasteiger partial charge in [0.25, 0.3) is 0 Å². The molecule has 0 fully saturated rings. The van der Waals surface area contributed by atoms with Crippen LogP contribution in [-0.4, -0.2) is 0 Å². The molecule has 0 aliphatic rings. The summed E-state index contributed by atoms with van der Waals surface area (Å²) in [6, 6.07) is 67.0. The van der Waals surface area contributed by atoms with E-state index in [1.165, 1.54) is 33.0 Å². The van der Waals surface area contributed by atoms with Gasteiger partial charge in [-0.1, -0.05) is 140 Å². The van der Waals surface area contributed by atoms with E-state index in [0.717, 1.165) is 50.1 Å². The average Bonchev–Trinajstić information content (AvgIpc) is 3.54. The molecule has 0 saturated heterocycles. The lowest BCUT2D eigenvalue weighted by Crippen LogP contribution is -2.10. The van der Waals surface area contributed by atoms with E-state index in [-0.39, 0.29) is 0 Å². The zero-order valence-corrected chi connectivity index (χ0v) is 26.3. The van der Waals surface area contributed by atoms with Crippen molar-refractivity contribution in [3.05, 3.63) is 188 Å². The van der Waals surface area contributed by atoms with E-state index in [1.807, 2.05) is 6.07 Å². The van der Waals surface area contributed by atoms with Gasteiger partial charge in [0.1, 0.15) is 11.2 Å². The van der Waals surface area contributed by atoms with Gasteiger partial charge in [0.05, 0.1) is 0 Å². The van der Waals surface area contributed by atoms with Crippen molar-refractivity contribution < 1.29 is 4.42 Å². The van der Waals surface area contributed by atoms with Crippen LogP contribution in [0, 0.1) is 0 Å². The average molecular weight is 614 g/mol. The van der Waals surface area contributed by atoms with Crippen molar-refractivity contribution in [1.82, 2.24) is 0 Å². The summed E-state index contributed by atoms with van der Waals surface area (Å²) in [6.07, 6.45) is 0. The lowest BCUT2D eigenvalue weighted by molar-refractivity contribution is 0.670. The number of benzene rings is 8. The maximum Gasteiger partial charge on any atom is 0.143 e. The van der Waals surface area contributed by atoms with Crippen molar-refractivity contribution in [3.63, 3.8) is 0 Å². The molecule has 48 heavy (non-hydrogen) atoms. The number of hydrogen-bond acceptors (Lipinski definition) is 2. The van der Waals surface area contributed by atoms with Crippen LogP contribution in [-0.2, 0) is 0 Å². The summed E-state index contributed by atoms with van der Waals surface area (Å²) < 4.78 is 6.62. The van der Waals surface area contributed by atoms with Gasteiger partial charge in [-0.05, 0) is 87.1 Å². The SMILES string of the molecule is c1ccc(-c2ccc(N(c3cccc(-c4ccccc4)c3)c3cc(-c4ccc5ccccc5c4)c4oc5ccccc5c4c3)cc2)cc1. The first-order valence-corrected chi connectivity index (χ1v) is 16.3. The standard InChI is InChI=1S/C46H31NO/c1-3-12-32(13-4-1)35-24-26-39(27-25-35)47(40-19-11-18-37(29-40)33-14-5-2-6-15-33)41-30-43(38-23-22-34-16-7-8-17-36(34)28-38)46-44(31-41)42-20-9-10-21-45(42)48-46/h1-31H. The molecule has 0 radical (unpaired) electrons. The molecule has 0 aliphatic carbocycles. The molecule has 1 aromatic heterocycles. The van der Waals surface area contributed by atoms with E-state index in [0.29, 0.717) is 0 Å². The fraction of sp³-hybridized carbons (Fsp3) is 0. The Bertz CT molecular complexity index is 2550. The fourth-order valence-electron chi connectivity index (χ4n) is 6.85. The molecule has 0 amide bonds. The normalized spacial score (nSPS) is 11.3. The van der Waals surface area contributed by atoms with E-state index in [1.54, 1.807) is 0 Å². The maximum absolute atomic E-state index is 6.62. The molecule has 0 atom stereocenters. The molecule has 0 N–H and O–H groups in total. The first-order chi connectivity index (χ1) is 23.8. The number of nitrogens with zero attached hydrogens (tertiary/aromatic N) is 1. The minimum atomic E-state index is 0.886. The maximum atomic E-state index is 6.62. The van der Waals surface area contributed by atoms with Crippen LogP contribution in [0.3, 0.4) is 0 Å². The number of fused-ring (bicyclic) bond motifs is 4. The van der Waals surface area contributed by atoms with Crippen LogP contribution in [0.4, 0.5) is 17.1 Å². The molecule has 0 aliphatic heterocycles. The summed E-state index contributed by atoms with van der Waals surface area (Å²) in [4.78, 5) is 2.37. The minimum absolute atomic E-state index is 0.886. The van der Waals surface area contributed by atoms with Crippen molar-refractivity contribution in [2.45, 2.75) is 0 Å². The van der Waals surface area contributed by atoms with E-state index in [4.69, 9.17) is 4.42 Å². The third kappa shape index (κ3) is 5.01. The van der Waals surface area contributed by atoms with Crippen LogP contribution in [0.2, 0.25) is 0 Å². The number of hydrogen-bond donors (Lipinski definition) is 0. The molecule has 9 rings (SSSR count). The Labute approximate surface area is 279 Å². The largest absolute Gasteiger partial charge is 0.455 e. The minimum Gasteiger partial charge on any atom is -0.455 e. The van der Waals surface area contributed by atoms with Gasteiger partial charge < -0.3 is 9.32 Å². The Kier molecular flexibility index (Phi) is 6.84. The molecular weight excluding hydrogens is 583 g/mol. The number of rotatable bonds is 6. The van der Waals surface area contributed by atoms with Crippen molar-refractivity contribution >= 4 is 49.8 Å². The monoisotopic (exact) mass is 613 g/mol. The molecule has 0 saturated carbocycles. The van der Waals surface area contributed by atoms with E-state index < -0.39 is 0 Å². The summed E-state index contributed by atoms with van der Waals surface area (Å²) in [6.45, 7) is 0. The molecular formula is C46H31NO. The summed E-state index contributed by atoms with van der Waals surface area (Å²) in [5, 5.41) is 4.62. The third-order valence-electron chi connectivity index (χ3n) is 9.23. The van der Waals surface area contributed by atoms with Crippen molar-refractivity contribution in [2.24, 2.45) is 0 Å². The molecule has 2 nitrogen and oxygen atoms in total. The first-order valence-electron chi connectivity index (χ1n) is 16.3. The van der Waals surface area contributed by atoms with Gasteiger partial charge in [0.2, 0.25) is 0 Å². The predicted octanol–water partition coefficient (Wildman–Crippen LogP) is 13.2. The molecule has 0 unspecified atom stereocenters. The Morgan fingerprint density at radius 2 is 0.958 bits per heavy atom. The zero-order chi connectivity index (χ0) is 31.9. The Morgan fingerprint density at radius 1 is 0.333 bits per heavy atom. The highest BCUT2D eigenvalue weighted by Crippen LogP contribution is 2.44. The molecule has 8 aromatic carbocycles. The third-order valence-corrected chi connectivity index (χ3v) is 9.23. The summed E-state index contributed by atoms with van der Waals surface area (Å²) in [7, 11) is 0. The number of para-hydroxylation sites is 1. The first kappa shape index (κ1) is 27.9. The lowest BCUT2D eigenvalue weighted by atomic mass is 9.97. The molecule has 0 bridgehead atoms. The molecule has 226 valence electrons. The van der Waals surface area contributed by atoms with E-state index in [9.17, 15) is 0 Å². The highest BCUT2D eigenvalue weighted by Gasteiger charge is 2.20. The van der Waals surface area contributed by atoms with E-state index >= 15 is 0 Å². The smallest absolute Gasteiger partial charge is 0.143 e. The highest BCUT2D eigenvalue weighted by atomic mass is 16.3. The molecule has 1 heterocycles. The second-order valence-corrected chi connectivity index (χ2v) is 12.2. The zero-order valence-electron chi connectivity index (χ0n) is 26.3. The molecule has 9 aromatic rings. The van der Waals surface area contributed by atoms with Gasteiger partial charge in [-0.3, -0.25) is 0 Å². The topological polar surface area (TPSA) is 16.4 Å². The van der Waals surface area contributed by atoms with Crippen LogP contribution in [0.1, 0.15) is 0 Å². The molecule has 2 heteroatoms.